The molecule has 1 aliphatic rings. The van der Waals surface area contributed by atoms with E-state index in [9.17, 15) is 8.42 Å². The predicted octanol–water partition coefficient (Wildman–Crippen LogP) is 1.36. The van der Waals surface area contributed by atoms with E-state index < -0.39 is 10.0 Å². The summed E-state index contributed by atoms with van der Waals surface area (Å²) in [5.41, 5.74) is 1.45. The number of rotatable bonds is 1. The minimum Gasteiger partial charge on any atom is -0.487 e. The highest BCUT2D eigenvalue weighted by Crippen LogP contribution is 2.38. The molecule has 0 atom stereocenters. The van der Waals surface area contributed by atoms with Gasteiger partial charge in [0.1, 0.15) is 11.4 Å². The van der Waals surface area contributed by atoms with Crippen molar-refractivity contribution >= 4 is 10.0 Å². The molecule has 1 heterocycles. The first kappa shape index (κ1) is 11.4. The van der Waals surface area contributed by atoms with E-state index in [1.807, 2.05) is 20.8 Å². The fraction of sp³-hybridized carbons (Fsp3) is 0.455. The summed E-state index contributed by atoms with van der Waals surface area (Å²) in [6, 6.07) is 3.15. The van der Waals surface area contributed by atoms with E-state index >= 15 is 0 Å². The number of aryl methyl sites for hydroxylation is 1. The Morgan fingerprint density at radius 3 is 2.56 bits per heavy atom. The van der Waals surface area contributed by atoms with E-state index in [1.54, 1.807) is 12.1 Å². The molecule has 0 unspecified atom stereocenters. The van der Waals surface area contributed by atoms with Crippen molar-refractivity contribution in [1.29, 1.82) is 0 Å². The lowest BCUT2D eigenvalue weighted by Crippen LogP contribution is -2.24. The first-order chi connectivity index (χ1) is 7.19. The third-order valence-electron chi connectivity index (χ3n) is 2.65. The first-order valence-corrected chi connectivity index (χ1v) is 6.59. The Hall–Kier alpha value is -1.07. The fourth-order valence-electron chi connectivity index (χ4n) is 2.02. The van der Waals surface area contributed by atoms with Crippen molar-refractivity contribution in [2.24, 2.45) is 5.14 Å². The average Bonchev–Trinajstić information content (AvgIpc) is 2.38. The molecule has 88 valence electrons. The van der Waals surface area contributed by atoms with Crippen LogP contribution in [0.15, 0.2) is 17.0 Å². The second-order valence-corrected chi connectivity index (χ2v) is 6.37. The van der Waals surface area contributed by atoms with Crippen LogP contribution in [-0.2, 0) is 16.4 Å². The molecular weight excluding hydrogens is 226 g/mol. The van der Waals surface area contributed by atoms with Crippen LogP contribution in [0.1, 0.15) is 25.0 Å². The van der Waals surface area contributed by atoms with Crippen molar-refractivity contribution < 1.29 is 13.2 Å². The SMILES string of the molecule is Cc1cc(S(N)(=O)=O)cc2c1OC(C)(C)C2. The molecule has 0 aromatic heterocycles. The van der Waals surface area contributed by atoms with Gasteiger partial charge in [0.15, 0.2) is 0 Å². The van der Waals surface area contributed by atoms with Gasteiger partial charge in [-0.1, -0.05) is 0 Å². The molecule has 0 amide bonds. The van der Waals surface area contributed by atoms with Gasteiger partial charge >= 0.3 is 0 Å². The van der Waals surface area contributed by atoms with E-state index in [-0.39, 0.29) is 10.5 Å². The summed E-state index contributed by atoms with van der Waals surface area (Å²) in [4.78, 5) is 0.157. The third kappa shape index (κ3) is 1.92. The van der Waals surface area contributed by atoms with E-state index in [0.717, 1.165) is 16.9 Å². The van der Waals surface area contributed by atoms with Crippen molar-refractivity contribution in [3.05, 3.63) is 23.3 Å². The molecule has 1 aromatic rings. The van der Waals surface area contributed by atoms with Gasteiger partial charge in [-0.25, -0.2) is 13.6 Å². The van der Waals surface area contributed by atoms with Crippen LogP contribution >= 0.6 is 0 Å². The lowest BCUT2D eigenvalue weighted by molar-refractivity contribution is 0.137. The second-order valence-electron chi connectivity index (χ2n) is 4.81. The quantitative estimate of drug-likeness (QED) is 0.807. The van der Waals surface area contributed by atoms with E-state index in [4.69, 9.17) is 9.88 Å². The lowest BCUT2D eigenvalue weighted by atomic mass is 10.0. The summed E-state index contributed by atoms with van der Waals surface area (Å²) in [5, 5.41) is 5.12. The Bertz CT molecular complexity index is 547. The molecule has 0 saturated heterocycles. The van der Waals surface area contributed by atoms with Gasteiger partial charge in [0.05, 0.1) is 4.90 Å². The molecule has 0 saturated carbocycles. The Morgan fingerprint density at radius 1 is 1.38 bits per heavy atom. The zero-order valence-corrected chi connectivity index (χ0v) is 10.4. The van der Waals surface area contributed by atoms with E-state index in [2.05, 4.69) is 0 Å². The van der Waals surface area contributed by atoms with Crippen LogP contribution in [0.3, 0.4) is 0 Å². The van der Waals surface area contributed by atoms with Crippen molar-refractivity contribution in [1.82, 2.24) is 0 Å². The van der Waals surface area contributed by atoms with E-state index in [1.165, 1.54) is 0 Å². The average molecular weight is 241 g/mol. The monoisotopic (exact) mass is 241 g/mol. The molecule has 4 nitrogen and oxygen atoms in total. The minimum atomic E-state index is -3.64. The number of hydrogen-bond acceptors (Lipinski definition) is 3. The number of hydrogen-bond donors (Lipinski definition) is 1. The zero-order valence-electron chi connectivity index (χ0n) is 9.57. The van der Waals surface area contributed by atoms with Crippen molar-refractivity contribution in [2.75, 3.05) is 0 Å². The molecular formula is C11H15NO3S. The molecule has 0 fully saturated rings. The molecule has 0 bridgehead atoms. The van der Waals surface area contributed by atoms with Gasteiger partial charge in [0.25, 0.3) is 0 Å². The first-order valence-electron chi connectivity index (χ1n) is 5.04. The summed E-state index contributed by atoms with van der Waals surface area (Å²) in [6.45, 7) is 5.78. The number of fused-ring (bicyclic) bond motifs is 1. The molecule has 2 rings (SSSR count). The van der Waals surface area contributed by atoms with Crippen LogP contribution in [0, 0.1) is 6.92 Å². The fourth-order valence-corrected chi connectivity index (χ4v) is 2.67. The van der Waals surface area contributed by atoms with Crippen molar-refractivity contribution in [3.8, 4) is 5.75 Å². The van der Waals surface area contributed by atoms with Gasteiger partial charge in [0, 0.05) is 6.42 Å². The Balaban J connectivity index is 2.59. The number of primary sulfonamides is 1. The van der Waals surface area contributed by atoms with Crippen LogP contribution in [-0.4, -0.2) is 14.0 Å². The van der Waals surface area contributed by atoms with Gasteiger partial charge in [-0.2, -0.15) is 0 Å². The maximum atomic E-state index is 11.3. The topological polar surface area (TPSA) is 69.4 Å². The highest BCUT2D eigenvalue weighted by molar-refractivity contribution is 7.89. The predicted molar refractivity (Wildman–Crippen MR) is 61.0 cm³/mol. The summed E-state index contributed by atoms with van der Waals surface area (Å²) < 4.78 is 28.3. The molecule has 5 heteroatoms. The van der Waals surface area contributed by atoms with E-state index in [0.29, 0.717) is 6.42 Å². The molecule has 16 heavy (non-hydrogen) atoms. The summed E-state index contributed by atoms with van der Waals surface area (Å²) in [5.74, 6) is 0.789. The molecule has 1 aromatic carbocycles. The minimum absolute atomic E-state index is 0.157. The van der Waals surface area contributed by atoms with Gasteiger partial charge in [-0.05, 0) is 44.0 Å². The van der Waals surface area contributed by atoms with Gasteiger partial charge in [-0.15, -0.1) is 0 Å². The van der Waals surface area contributed by atoms with Crippen LogP contribution in [0.2, 0.25) is 0 Å². The number of ether oxygens (including phenoxy) is 1. The highest BCUT2D eigenvalue weighted by atomic mass is 32.2. The molecule has 2 N–H and O–H groups in total. The van der Waals surface area contributed by atoms with Crippen LogP contribution < -0.4 is 9.88 Å². The van der Waals surface area contributed by atoms with Gasteiger partial charge < -0.3 is 4.74 Å². The maximum absolute atomic E-state index is 11.3. The normalized spacial score (nSPS) is 18.0. The van der Waals surface area contributed by atoms with Gasteiger partial charge in [-0.3, -0.25) is 0 Å². The Kier molecular flexibility index (Phi) is 2.29. The van der Waals surface area contributed by atoms with Crippen molar-refractivity contribution in [2.45, 2.75) is 37.7 Å². The Labute approximate surface area is 95.5 Å². The van der Waals surface area contributed by atoms with Crippen molar-refractivity contribution in [3.63, 3.8) is 0 Å². The number of nitrogens with two attached hydrogens (primary N) is 1. The van der Waals surface area contributed by atoms with Crippen LogP contribution in [0.25, 0.3) is 0 Å². The second kappa shape index (κ2) is 3.21. The largest absolute Gasteiger partial charge is 0.487 e. The van der Waals surface area contributed by atoms with Crippen LogP contribution in [0.4, 0.5) is 0 Å². The third-order valence-corrected chi connectivity index (χ3v) is 3.54. The lowest BCUT2D eigenvalue weighted by Gasteiger charge is -2.17. The van der Waals surface area contributed by atoms with Gasteiger partial charge in [0.2, 0.25) is 10.0 Å². The molecule has 0 aliphatic carbocycles. The summed E-state index contributed by atoms with van der Waals surface area (Å²) in [6.07, 6.45) is 0.701. The zero-order chi connectivity index (χ0) is 12.1. The number of sulfonamides is 1. The number of benzene rings is 1. The summed E-state index contributed by atoms with van der Waals surface area (Å²) >= 11 is 0. The maximum Gasteiger partial charge on any atom is 0.238 e. The highest BCUT2D eigenvalue weighted by Gasteiger charge is 2.32. The standard InChI is InChI=1S/C11H15NO3S/c1-7-4-9(16(12,13)14)5-8-6-11(2,3)15-10(7)8/h4-5H,6H2,1-3H3,(H2,12,13,14). The molecule has 0 radical (unpaired) electrons. The van der Waals surface area contributed by atoms with Crippen LogP contribution in [0.5, 0.6) is 5.75 Å². The molecule has 0 spiro atoms. The smallest absolute Gasteiger partial charge is 0.238 e. The summed E-state index contributed by atoms with van der Waals surface area (Å²) in [7, 11) is -3.64. The molecule has 1 aliphatic heterocycles. The Morgan fingerprint density at radius 2 is 2.00 bits per heavy atom.